The molecule has 0 aliphatic heterocycles. The van der Waals surface area contributed by atoms with E-state index in [4.69, 9.17) is 0 Å². The molecule has 180 valence electrons. The smallest absolute Gasteiger partial charge is 0.159 e. The van der Waals surface area contributed by atoms with E-state index in [1.54, 1.807) is 5.57 Å². The molecule has 1 N–H and O–H groups in total. The summed E-state index contributed by atoms with van der Waals surface area (Å²) >= 11 is 0. The van der Waals surface area contributed by atoms with Gasteiger partial charge in [-0.3, -0.25) is 4.79 Å². The number of Topliss-reactive ketones (excluding diaryl/α,β-unsaturated/α-hetero) is 1. The van der Waals surface area contributed by atoms with Crippen LogP contribution in [-0.2, 0) is 4.79 Å². The van der Waals surface area contributed by atoms with E-state index >= 15 is 0 Å². The fourth-order valence-electron chi connectivity index (χ4n) is 10.9. The number of allylic oxidation sites excluding steroid dienone is 2. The SMILES string of the molecule is CC(C)C1=C2[C@H]3CC[C@@H]4[C@@]5(C)CCC(O)C(C)(C)[C@@H]5CC[C@@]4(C)[C@]3(C)CC[C@@]2(C)CC1=O. The van der Waals surface area contributed by atoms with Crippen LogP contribution in [-0.4, -0.2) is 17.0 Å². The van der Waals surface area contributed by atoms with Crippen molar-refractivity contribution in [2.24, 2.45) is 50.7 Å². The summed E-state index contributed by atoms with van der Waals surface area (Å²) in [6, 6.07) is 0. The molecule has 0 aromatic carbocycles. The van der Waals surface area contributed by atoms with Crippen LogP contribution in [0.4, 0.5) is 0 Å². The Balaban J connectivity index is 1.60. The van der Waals surface area contributed by atoms with Gasteiger partial charge in [0.2, 0.25) is 0 Å². The van der Waals surface area contributed by atoms with Gasteiger partial charge in [0.15, 0.2) is 5.78 Å². The maximum Gasteiger partial charge on any atom is 0.159 e. The van der Waals surface area contributed by atoms with E-state index in [-0.39, 0.29) is 22.3 Å². The summed E-state index contributed by atoms with van der Waals surface area (Å²) in [5.74, 6) is 2.72. The first kappa shape index (κ1) is 23.1. The lowest BCUT2D eigenvalue weighted by molar-refractivity contribution is -0.228. The summed E-state index contributed by atoms with van der Waals surface area (Å²) in [6.45, 7) is 19.5. The second-order valence-corrected chi connectivity index (χ2v) is 14.6. The fraction of sp³-hybridized carbons (Fsp3) is 0.900. The summed E-state index contributed by atoms with van der Waals surface area (Å²) in [6.07, 6.45) is 10.3. The maximum atomic E-state index is 13.2. The third-order valence-electron chi connectivity index (χ3n) is 12.8. The van der Waals surface area contributed by atoms with Crippen molar-refractivity contribution in [1.29, 1.82) is 0 Å². The highest BCUT2D eigenvalue weighted by Crippen LogP contribution is 2.76. The molecular formula is C30H48O2. The Hall–Kier alpha value is -0.630. The third kappa shape index (κ3) is 2.60. The quantitative estimate of drug-likeness (QED) is 0.463. The zero-order chi connectivity index (χ0) is 23.5. The number of hydrogen-bond acceptors (Lipinski definition) is 2. The Kier molecular flexibility index (Phi) is 4.87. The second kappa shape index (κ2) is 6.73. The molecule has 32 heavy (non-hydrogen) atoms. The Labute approximate surface area is 197 Å². The number of rotatable bonds is 1. The van der Waals surface area contributed by atoms with Gasteiger partial charge in [-0.1, -0.05) is 61.0 Å². The summed E-state index contributed by atoms with van der Waals surface area (Å²) < 4.78 is 0. The van der Waals surface area contributed by atoms with Crippen LogP contribution in [0.1, 0.15) is 113 Å². The second-order valence-electron chi connectivity index (χ2n) is 14.6. The topological polar surface area (TPSA) is 37.3 Å². The highest BCUT2D eigenvalue weighted by molar-refractivity contribution is 6.00. The average molecular weight is 441 g/mol. The molecule has 5 rings (SSSR count). The number of aliphatic hydroxyl groups is 1. The monoisotopic (exact) mass is 440 g/mol. The standard InChI is InChI=1S/C30H48O2/c1-18(2)24-20(31)17-27(5)15-16-29(7)19(25(24)27)9-10-22-28(6)13-12-23(32)26(3,4)21(28)11-14-30(22,29)8/h18-19,21-23,32H,9-17H2,1-8H3/t19-,21+,22-,23?,27+,28+,29-,30-/m1/s1. The Morgan fingerprint density at radius 3 is 2.16 bits per heavy atom. The van der Waals surface area contributed by atoms with Gasteiger partial charge in [-0.2, -0.15) is 0 Å². The molecule has 0 amide bonds. The Bertz CT molecular complexity index is 866. The van der Waals surface area contributed by atoms with Gasteiger partial charge in [0.1, 0.15) is 0 Å². The van der Waals surface area contributed by atoms with Gasteiger partial charge in [0, 0.05) is 6.42 Å². The number of carbonyl (C=O) groups is 1. The molecule has 2 nitrogen and oxygen atoms in total. The van der Waals surface area contributed by atoms with Gasteiger partial charge in [-0.15, -0.1) is 0 Å². The lowest BCUT2D eigenvalue weighted by atomic mass is 9.33. The zero-order valence-corrected chi connectivity index (χ0v) is 22.1. The van der Waals surface area contributed by atoms with Crippen LogP contribution in [0.2, 0.25) is 0 Å². The average Bonchev–Trinajstić information content (AvgIpc) is 2.96. The van der Waals surface area contributed by atoms with E-state index in [1.807, 2.05) is 0 Å². The van der Waals surface area contributed by atoms with Gasteiger partial charge < -0.3 is 5.11 Å². The van der Waals surface area contributed by atoms with Crippen molar-refractivity contribution in [3.05, 3.63) is 11.1 Å². The third-order valence-corrected chi connectivity index (χ3v) is 12.8. The molecule has 2 heteroatoms. The highest BCUT2D eigenvalue weighted by atomic mass is 16.3. The molecule has 5 aliphatic carbocycles. The lowest BCUT2D eigenvalue weighted by Crippen LogP contribution is -2.65. The molecule has 4 saturated carbocycles. The molecule has 1 unspecified atom stereocenters. The molecule has 0 saturated heterocycles. The number of hydrogen-bond donors (Lipinski definition) is 1. The summed E-state index contributed by atoms with van der Waals surface area (Å²) in [7, 11) is 0. The van der Waals surface area contributed by atoms with Crippen molar-refractivity contribution in [3.63, 3.8) is 0 Å². The lowest BCUT2D eigenvalue weighted by Gasteiger charge is -2.72. The molecule has 0 aromatic rings. The molecular weight excluding hydrogens is 392 g/mol. The molecule has 0 spiro atoms. The van der Waals surface area contributed by atoms with Crippen molar-refractivity contribution < 1.29 is 9.90 Å². The zero-order valence-electron chi connectivity index (χ0n) is 22.1. The van der Waals surface area contributed by atoms with Gasteiger partial charge >= 0.3 is 0 Å². The molecule has 0 heterocycles. The van der Waals surface area contributed by atoms with E-state index in [0.717, 1.165) is 18.8 Å². The van der Waals surface area contributed by atoms with E-state index in [2.05, 4.69) is 55.4 Å². The Morgan fingerprint density at radius 2 is 1.50 bits per heavy atom. The minimum absolute atomic E-state index is 0.0163. The van der Waals surface area contributed by atoms with Crippen LogP contribution in [0.5, 0.6) is 0 Å². The molecule has 5 aliphatic rings. The van der Waals surface area contributed by atoms with Gasteiger partial charge in [-0.05, 0) is 108 Å². The van der Waals surface area contributed by atoms with Crippen LogP contribution in [0.3, 0.4) is 0 Å². The summed E-state index contributed by atoms with van der Waals surface area (Å²) in [4.78, 5) is 13.2. The minimum atomic E-state index is -0.157. The molecule has 8 atom stereocenters. The predicted octanol–water partition coefficient (Wildman–Crippen LogP) is 7.35. The normalized spacial score (nSPS) is 52.4. The number of ketones is 1. The van der Waals surface area contributed by atoms with Crippen LogP contribution < -0.4 is 0 Å². The van der Waals surface area contributed by atoms with Crippen LogP contribution >= 0.6 is 0 Å². The molecule has 4 fully saturated rings. The first-order chi connectivity index (χ1) is 14.7. The van der Waals surface area contributed by atoms with E-state index in [0.29, 0.717) is 34.4 Å². The molecule has 0 bridgehead atoms. The summed E-state index contributed by atoms with van der Waals surface area (Å²) in [5, 5.41) is 10.9. The maximum absolute atomic E-state index is 13.2. The largest absolute Gasteiger partial charge is 0.393 e. The van der Waals surface area contributed by atoms with Gasteiger partial charge in [0.05, 0.1) is 6.10 Å². The number of fused-ring (bicyclic) bond motifs is 7. The Morgan fingerprint density at radius 1 is 0.812 bits per heavy atom. The number of carbonyl (C=O) groups excluding carboxylic acids is 1. The van der Waals surface area contributed by atoms with Gasteiger partial charge in [0.25, 0.3) is 0 Å². The van der Waals surface area contributed by atoms with Crippen LogP contribution in [0.15, 0.2) is 11.1 Å². The van der Waals surface area contributed by atoms with Crippen molar-refractivity contribution >= 4 is 5.78 Å². The molecule has 0 aromatic heterocycles. The van der Waals surface area contributed by atoms with Crippen molar-refractivity contribution in [1.82, 2.24) is 0 Å². The van der Waals surface area contributed by atoms with Crippen molar-refractivity contribution in [3.8, 4) is 0 Å². The van der Waals surface area contributed by atoms with Crippen LogP contribution in [0, 0.1) is 50.7 Å². The summed E-state index contributed by atoms with van der Waals surface area (Å²) in [5.41, 5.74) is 3.87. The van der Waals surface area contributed by atoms with E-state index < -0.39 is 0 Å². The first-order valence-electron chi connectivity index (χ1n) is 13.7. The van der Waals surface area contributed by atoms with Crippen molar-refractivity contribution in [2.45, 2.75) is 119 Å². The first-order valence-corrected chi connectivity index (χ1v) is 13.7. The molecule has 0 radical (unpaired) electrons. The number of aliphatic hydroxyl groups excluding tert-OH is 1. The highest BCUT2D eigenvalue weighted by Gasteiger charge is 2.69. The minimum Gasteiger partial charge on any atom is -0.393 e. The van der Waals surface area contributed by atoms with E-state index in [1.165, 1.54) is 50.5 Å². The van der Waals surface area contributed by atoms with Gasteiger partial charge in [-0.25, -0.2) is 0 Å². The van der Waals surface area contributed by atoms with E-state index in [9.17, 15) is 9.90 Å². The van der Waals surface area contributed by atoms with Crippen molar-refractivity contribution in [2.75, 3.05) is 0 Å². The fourth-order valence-corrected chi connectivity index (χ4v) is 10.9. The predicted molar refractivity (Wildman–Crippen MR) is 131 cm³/mol. The van der Waals surface area contributed by atoms with Crippen LogP contribution in [0.25, 0.3) is 0 Å².